The van der Waals surface area contributed by atoms with E-state index in [1.807, 2.05) is 0 Å². The molecule has 1 heterocycles. The van der Waals surface area contributed by atoms with E-state index in [2.05, 4.69) is 9.44 Å². The van der Waals surface area contributed by atoms with Crippen LogP contribution in [0, 0.1) is 12.7 Å². The standard InChI is InChI=1S/C21H27FN2O6S2/c1-15-5-2-3-8-21(15)32(28,29)24-19-10-9-17(30-20(19)14-25)11-12-23-31(26,27)18-7-4-6-16(22)13-18/h2-8,13,17,19-20,23-25H,9-12,14H2,1H3/t17-,19+,20+/m1/s1. The number of ether oxygens (including phenoxy) is 1. The van der Waals surface area contributed by atoms with Crippen molar-refractivity contribution in [2.24, 2.45) is 0 Å². The van der Waals surface area contributed by atoms with Crippen LogP contribution in [0.2, 0.25) is 0 Å². The van der Waals surface area contributed by atoms with Gasteiger partial charge in [-0.1, -0.05) is 24.3 Å². The van der Waals surface area contributed by atoms with Crippen molar-refractivity contribution in [3.63, 3.8) is 0 Å². The number of hydrogen-bond donors (Lipinski definition) is 3. The molecule has 0 aromatic heterocycles. The second kappa shape index (κ2) is 10.4. The zero-order chi connectivity index (χ0) is 23.4. The smallest absolute Gasteiger partial charge is 0.241 e. The van der Waals surface area contributed by atoms with Crippen molar-refractivity contribution in [3.05, 3.63) is 59.9 Å². The molecule has 2 aromatic rings. The molecule has 0 spiro atoms. The molecule has 176 valence electrons. The number of rotatable bonds is 9. The second-order valence-corrected chi connectivity index (χ2v) is 11.1. The van der Waals surface area contributed by atoms with E-state index in [4.69, 9.17) is 4.74 Å². The summed E-state index contributed by atoms with van der Waals surface area (Å²) in [5.41, 5.74) is 0.612. The zero-order valence-corrected chi connectivity index (χ0v) is 19.2. The van der Waals surface area contributed by atoms with E-state index in [-0.39, 0.29) is 29.0 Å². The Labute approximate surface area is 187 Å². The van der Waals surface area contributed by atoms with Crippen molar-refractivity contribution in [1.82, 2.24) is 9.44 Å². The predicted molar refractivity (Wildman–Crippen MR) is 116 cm³/mol. The van der Waals surface area contributed by atoms with E-state index in [0.717, 1.165) is 12.1 Å². The van der Waals surface area contributed by atoms with Gasteiger partial charge in [-0.25, -0.2) is 30.7 Å². The van der Waals surface area contributed by atoms with E-state index < -0.39 is 38.0 Å². The molecule has 11 heteroatoms. The Morgan fingerprint density at radius 1 is 1.06 bits per heavy atom. The number of halogens is 1. The van der Waals surface area contributed by atoms with Crippen LogP contribution in [0.3, 0.4) is 0 Å². The first kappa shape index (κ1) is 24.7. The molecule has 0 aliphatic carbocycles. The average Bonchev–Trinajstić information content (AvgIpc) is 2.74. The average molecular weight is 487 g/mol. The van der Waals surface area contributed by atoms with Gasteiger partial charge in [0.15, 0.2) is 0 Å². The molecular formula is C21H27FN2O6S2. The Morgan fingerprint density at radius 3 is 2.50 bits per heavy atom. The highest BCUT2D eigenvalue weighted by Gasteiger charge is 2.34. The lowest BCUT2D eigenvalue weighted by Crippen LogP contribution is -2.51. The largest absolute Gasteiger partial charge is 0.394 e. The van der Waals surface area contributed by atoms with Crippen molar-refractivity contribution in [3.8, 4) is 0 Å². The number of hydrogen-bond acceptors (Lipinski definition) is 6. The Morgan fingerprint density at radius 2 is 1.81 bits per heavy atom. The molecule has 3 N–H and O–H groups in total. The van der Waals surface area contributed by atoms with E-state index in [1.54, 1.807) is 25.1 Å². The van der Waals surface area contributed by atoms with Gasteiger partial charge in [0, 0.05) is 6.54 Å². The highest BCUT2D eigenvalue weighted by atomic mass is 32.2. The van der Waals surface area contributed by atoms with Gasteiger partial charge in [0.05, 0.1) is 34.6 Å². The Bertz CT molecular complexity index is 1140. The lowest BCUT2D eigenvalue weighted by Gasteiger charge is -2.36. The van der Waals surface area contributed by atoms with E-state index in [9.17, 15) is 26.3 Å². The van der Waals surface area contributed by atoms with Crippen LogP contribution in [0.15, 0.2) is 58.3 Å². The van der Waals surface area contributed by atoms with Gasteiger partial charge in [0.1, 0.15) is 5.82 Å². The summed E-state index contributed by atoms with van der Waals surface area (Å²) in [5.74, 6) is -0.645. The minimum Gasteiger partial charge on any atom is -0.394 e. The van der Waals surface area contributed by atoms with Crippen molar-refractivity contribution < 1.29 is 31.1 Å². The van der Waals surface area contributed by atoms with Gasteiger partial charge in [-0.3, -0.25) is 0 Å². The molecule has 1 saturated heterocycles. The predicted octanol–water partition coefficient (Wildman–Crippen LogP) is 1.69. The first-order valence-corrected chi connectivity index (χ1v) is 13.2. The number of sulfonamides is 2. The quantitative estimate of drug-likeness (QED) is 0.496. The fourth-order valence-electron chi connectivity index (χ4n) is 3.67. The normalized spacial score (nSPS) is 22.0. The summed E-state index contributed by atoms with van der Waals surface area (Å²) in [6.07, 6.45) is 0.119. The highest BCUT2D eigenvalue weighted by Crippen LogP contribution is 2.24. The van der Waals surface area contributed by atoms with Crippen LogP contribution in [0.1, 0.15) is 24.8 Å². The number of benzene rings is 2. The molecule has 1 fully saturated rings. The monoisotopic (exact) mass is 486 g/mol. The van der Waals surface area contributed by atoms with Gasteiger partial charge < -0.3 is 9.84 Å². The highest BCUT2D eigenvalue weighted by molar-refractivity contribution is 7.89. The summed E-state index contributed by atoms with van der Waals surface area (Å²) < 4.78 is 74.2. The molecule has 1 aliphatic heterocycles. The number of aliphatic hydroxyl groups excluding tert-OH is 1. The van der Waals surface area contributed by atoms with Crippen molar-refractivity contribution in [2.45, 2.75) is 54.2 Å². The third-order valence-corrected chi connectivity index (χ3v) is 8.46. The van der Waals surface area contributed by atoms with Crippen LogP contribution in [0.25, 0.3) is 0 Å². The molecule has 2 aromatic carbocycles. The van der Waals surface area contributed by atoms with Gasteiger partial charge in [-0.05, 0) is 56.0 Å². The van der Waals surface area contributed by atoms with Crippen LogP contribution in [0.5, 0.6) is 0 Å². The lowest BCUT2D eigenvalue weighted by atomic mass is 9.98. The Kier molecular flexibility index (Phi) is 8.01. The van der Waals surface area contributed by atoms with E-state index in [1.165, 1.54) is 18.2 Å². The molecule has 32 heavy (non-hydrogen) atoms. The molecule has 1 aliphatic rings. The summed E-state index contributed by atoms with van der Waals surface area (Å²) in [7, 11) is -7.64. The molecule has 0 saturated carbocycles. The maximum absolute atomic E-state index is 13.3. The summed E-state index contributed by atoms with van der Waals surface area (Å²) in [4.78, 5) is 0.00606. The summed E-state index contributed by atoms with van der Waals surface area (Å²) in [5, 5.41) is 9.72. The SMILES string of the molecule is Cc1ccccc1S(=O)(=O)N[C@H]1CC[C@H](CCNS(=O)(=O)c2cccc(F)c2)O[C@H]1CO. The molecule has 0 amide bonds. The molecule has 3 atom stereocenters. The number of nitrogens with one attached hydrogen (secondary N) is 2. The number of aryl methyl sites for hydroxylation is 1. The van der Waals surface area contributed by atoms with Gasteiger partial charge in [-0.15, -0.1) is 0 Å². The van der Waals surface area contributed by atoms with E-state index >= 15 is 0 Å². The molecule has 0 radical (unpaired) electrons. The minimum absolute atomic E-state index is 0.0568. The Balaban J connectivity index is 1.56. The first-order chi connectivity index (χ1) is 15.1. The second-order valence-electron chi connectivity index (χ2n) is 7.69. The molecule has 0 unspecified atom stereocenters. The fraction of sp³-hybridized carbons (Fsp3) is 0.429. The van der Waals surface area contributed by atoms with Gasteiger partial charge in [0.2, 0.25) is 20.0 Å². The minimum atomic E-state index is -3.86. The fourth-order valence-corrected chi connectivity index (χ4v) is 6.29. The Hall–Kier alpha value is -1.89. The zero-order valence-electron chi connectivity index (χ0n) is 17.6. The third-order valence-electron chi connectivity index (χ3n) is 5.35. The number of aliphatic hydroxyl groups is 1. The van der Waals surface area contributed by atoms with E-state index in [0.29, 0.717) is 24.8 Å². The maximum Gasteiger partial charge on any atom is 0.241 e. The summed E-state index contributed by atoms with van der Waals surface area (Å²) in [6.45, 7) is 1.38. The molecular weight excluding hydrogens is 459 g/mol. The van der Waals surface area contributed by atoms with Gasteiger partial charge >= 0.3 is 0 Å². The van der Waals surface area contributed by atoms with Crippen molar-refractivity contribution >= 4 is 20.0 Å². The molecule has 3 rings (SSSR count). The van der Waals surface area contributed by atoms with Crippen LogP contribution >= 0.6 is 0 Å². The third kappa shape index (κ3) is 6.12. The summed E-state index contributed by atoms with van der Waals surface area (Å²) in [6, 6.07) is 10.7. The maximum atomic E-state index is 13.3. The van der Waals surface area contributed by atoms with Crippen LogP contribution in [0.4, 0.5) is 4.39 Å². The topological polar surface area (TPSA) is 122 Å². The van der Waals surface area contributed by atoms with Crippen molar-refractivity contribution in [2.75, 3.05) is 13.2 Å². The van der Waals surface area contributed by atoms with Crippen LogP contribution in [-0.4, -0.2) is 53.3 Å². The summed E-state index contributed by atoms with van der Waals surface area (Å²) >= 11 is 0. The van der Waals surface area contributed by atoms with Gasteiger partial charge in [0.25, 0.3) is 0 Å². The molecule has 0 bridgehead atoms. The lowest BCUT2D eigenvalue weighted by molar-refractivity contribution is -0.0869. The molecule has 8 nitrogen and oxygen atoms in total. The van der Waals surface area contributed by atoms with Crippen LogP contribution < -0.4 is 9.44 Å². The van der Waals surface area contributed by atoms with Crippen LogP contribution in [-0.2, 0) is 24.8 Å². The first-order valence-electron chi connectivity index (χ1n) is 10.2. The van der Waals surface area contributed by atoms with Crippen molar-refractivity contribution in [1.29, 1.82) is 0 Å². The van der Waals surface area contributed by atoms with Gasteiger partial charge in [-0.2, -0.15) is 0 Å².